The van der Waals surface area contributed by atoms with E-state index in [0.717, 1.165) is 17.9 Å². The van der Waals surface area contributed by atoms with E-state index in [1.54, 1.807) is 0 Å². The number of hydrogen-bond acceptors (Lipinski definition) is 3. The summed E-state index contributed by atoms with van der Waals surface area (Å²) < 4.78 is 10.9. The Morgan fingerprint density at radius 2 is 2.25 bits per heavy atom. The van der Waals surface area contributed by atoms with Crippen molar-refractivity contribution in [2.45, 2.75) is 6.42 Å². The lowest BCUT2D eigenvalue weighted by molar-refractivity contribution is 0.0596. The molecule has 0 saturated heterocycles. The smallest absolute Gasteiger partial charge is 0.156 e. The average Bonchev–Trinajstić information content (AvgIpc) is 2.17. The minimum atomic E-state index is 0.422. The summed E-state index contributed by atoms with van der Waals surface area (Å²) in [7, 11) is 0. The molecule has 0 fully saturated rings. The van der Waals surface area contributed by atoms with Gasteiger partial charge in [-0.25, -0.2) is 0 Å². The maximum atomic E-state index is 5.55. The third kappa shape index (κ3) is 1.32. The van der Waals surface area contributed by atoms with Crippen LogP contribution < -0.4 is 5.73 Å². The first kappa shape index (κ1) is 7.68. The summed E-state index contributed by atoms with van der Waals surface area (Å²) in [5, 5.41) is 0. The van der Waals surface area contributed by atoms with Crippen LogP contribution in [0.2, 0.25) is 0 Å². The molecule has 0 saturated carbocycles. The predicted molar refractivity (Wildman–Crippen MR) is 45.2 cm³/mol. The van der Waals surface area contributed by atoms with Crippen molar-refractivity contribution in [3.63, 3.8) is 0 Å². The second-order valence-corrected chi connectivity index (χ2v) is 3.04. The van der Waals surface area contributed by atoms with Gasteiger partial charge in [0.15, 0.2) is 5.76 Å². The highest BCUT2D eigenvalue weighted by Crippen LogP contribution is 2.26. The fourth-order valence-electron chi connectivity index (χ4n) is 1.46. The van der Waals surface area contributed by atoms with Gasteiger partial charge in [-0.2, -0.15) is 0 Å². The zero-order valence-corrected chi connectivity index (χ0v) is 6.95. The molecular weight excluding hydrogens is 154 g/mol. The molecule has 0 aromatic rings. The molecule has 0 amide bonds. The summed E-state index contributed by atoms with van der Waals surface area (Å²) in [6.45, 7) is 2.01. The van der Waals surface area contributed by atoms with Crippen molar-refractivity contribution in [2.24, 2.45) is 11.7 Å². The molecule has 1 atom stereocenters. The van der Waals surface area contributed by atoms with Crippen LogP contribution >= 0.6 is 0 Å². The van der Waals surface area contributed by atoms with Gasteiger partial charge < -0.3 is 15.2 Å². The normalized spacial score (nSPS) is 27.6. The van der Waals surface area contributed by atoms with Crippen LogP contribution in [0.5, 0.6) is 0 Å². The standard InChI is InChI=1S/C9H13NO2/c10-6-7-1-2-8-9(5-7)12-4-3-11-8/h1-2,7H,3-6,10H2. The van der Waals surface area contributed by atoms with E-state index in [2.05, 4.69) is 6.08 Å². The molecule has 1 aliphatic carbocycles. The fourth-order valence-corrected chi connectivity index (χ4v) is 1.46. The van der Waals surface area contributed by atoms with Crippen molar-refractivity contribution in [1.29, 1.82) is 0 Å². The summed E-state index contributed by atoms with van der Waals surface area (Å²) in [5.74, 6) is 2.29. The molecule has 66 valence electrons. The van der Waals surface area contributed by atoms with Gasteiger partial charge >= 0.3 is 0 Å². The molecule has 2 aliphatic rings. The molecule has 3 nitrogen and oxygen atoms in total. The molecule has 0 aromatic heterocycles. The van der Waals surface area contributed by atoms with Crippen LogP contribution in [0.25, 0.3) is 0 Å². The van der Waals surface area contributed by atoms with Crippen molar-refractivity contribution in [3.8, 4) is 0 Å². The topological polar surface area (TPSA) is 44.5 Å². The van der Waals surface area contributed by atoms with Gasteiger partial charge in [0, 0.05) is 6.42 Å². The van der Waals surface area contributed by atoms with E-state index >= 15 is 0 Å². The van der Waals surface area contributed by atoms with E-state index in [-0.39, 0.29) is 0 Å². The molecule has 12 heavy (non-hydrogen) atoms. The van der Waals surface area contributed by atoms with Gasteiger partial charge in [-0.3, -0.25) is 0 Å². The highest BCUT2D eigenvalue weighted by molar-refractivity contribution is 5.23. The van der Waals surface area contributed by atoms with Gasteiger partial charge in [0.25, 0.3) is 0 Å². The van der Waals surface area contributed by atoms with Crippen molar-refractivity contribution in [3.05, 3.63) is 23.7 Å². The second kappa shape index (κ2) is 3.19. The van der Waals surface area contributed by atoms with Crippen LogP contribution in [0.15, 0.2) is 23.7 Å². The first-order chi connectivity index (χ1) is 5.90. The molecule has 2 rings (SSSR count). The number of ether oxygens (including phenoxy) is 2. The zero-order valence-electron chi connectivity index (χ0n) is 6.95. The summed E-state index contributed by atoms with van der Waals surface area (Å²) in [6, 6.07) is 0. The molecule has 1 unspecified atom stereocenters. The van der Waals surface area contributed by atoms with Gasteiger partial charge in [0.05, 0.1) is 0 Å². The summed E-state index contributed by atoms with van der Waals surface area (Å²) in [6.07, 6.45) is 4.95. The lowest BCUT2D eigenvalue weighted by atomic mass is 9.98. The molecular formula is C9H13NO2. The molecule has 3 heteroatoms. The second-order valence-electron chi connectivity index (χ2n) is 3.04. The Labute approximate surface area is 71.8 Å². The SMILES string of the molecule is NCC1C=CC2=C(C1)OCCO2. The Kier molecular flexibility index (Phi) is 2.04. The average molecular weight is 167 g/mol. The molecule has 0 bridgehead atoms. The first-order valence-corrected chi connectivity index (χ1v) is 4.27. The third-order valence-corrected chi connectivity index (χ3v) is 2.16. The number of nitrogens with two attached hydrogens (primary N) is 1. The Hall–Kier alpha value is -0.960. The lowest BCUT2D eigenvalue weighted by Gasteiger charge is -2.25. The lowest BCUT2D eigenvalue weighted by Crippen LogP contribution is -2.21. The van der Waals surface area contributed by atoms with Crippen molar-refractivity contribution in [1.82, 2.24) is 0 Å². The third-order valence-electron chi connectivity index (χ3n) is 2.16. The van der Waals surface area contributed by atoms with Crippen LogP contribution in [0.3, 0.4) is 0 Å². The highest BCUT2D eigenvalue weighted by atomic mass is 16.6. The van der Waals surface area contributed by atoms with Crippen LogP contribution in [0.4, 0.5) is 0 Å². The Morgan fingerprint density at radius 3 is 3.08 bits per heavy atom. The molecule has 0 spiro atoms. The number of rotatable bonds is 1. The van der Waals surface area contributed by atoms with E-state index in [9.17, 15) is 0 Å². The van der Waals surface area contributed by atoms with Gasteiger partial charge in [-0.05, 0) is 18.5 Å². The van der Waals surface area contributed by atoms with Gasteiger partial charge in [0.1, 0.15) is 19.0 Å². The number of hydrogen-bond donors (Lipinski definition) is 1. The fraction of sp³-hybridized carbons (Fsp3) is 0.556. The minimum Gasteiger partial charge on any atom is -0.490 e. The quantitative estimate of drug-likeness (QED) is 0.627. The molecule has 1 heterocycles. The maximum absolute atomic E-state index is 5.55. The monoisotopic (exact) mass is 167 g/mol. The zero-order chi connectivity index (χ0) is 8.39. The Bertz CT molecular complexity index is 233. The summed E-state index contributed by atoms with van der Waals surface area (Å²) in [5.41, 5.74) is 5.55. The van der Waals surface area contributed by atoms with Crippen LogP contribution in [0.1, 0.15) is 6.42 Å². The van der Waals surface area contributed by atoms with Crippen molar-refractivity contribution in [2.75, 3.05) is 19.8 Å². The molecule has 1 aliphatic heterocycles. The van der Waals surface area contributed by atoms with Gasteiger partial charge in [-0.1, -0.05) is 6.08 Å². The Morgan fingerprint density at radius 1 is 1.42 bits per heavy atom. The largest absolute Gasteiger partial charge is 0.490 e. The van der Waals surface area contributed by atoms with Crippen LogP contribution in [0, 0.1) is 5.92 Å². The van der Waals surface area contributed by atoms with Gasteiger partial charge in [0.2, 0.25) is 0 Å². The van der Waals surface area contributed by atoms with E-state index in [0.29, 0.717) is 25.7 Å². The summed E-state index contributed by atoms with van der Waals surface area (Å²) in [4.78, 5) is 0. The minimum absolute atomic E-state index is 0.422. The highest BCUT2D eigenvalue weighted by Gasteiger charge is 2.20. The Balaban J connectivity index is 2.12. The van der Waals surface area contributed by atoms with E-state index < -0.39 is 0 Å². The predicted octanol–water partition coefficient (Wildman–Crippen LogP) is 0.780. The molecule has 2 N–H and O–H groups in total. The molecule has 0 radical (unpaired) electrons. The maximum Gasteiger partial charge on any atom is 0.156 e. The van der Waals surface area contributed by atoms with Crippen molar-refractivity contribution < 1.29 is 9.47 Å². The van der Waals surface area contributed by atoms with E-state index in [4.69, 9.17) is 15.2 Å². The summed E-state index contributed by atoms with van der Waals surface area (Å²) >= 11 is 0. The van der Waals surface area contributed by atoms with Crippen molar-refractivity contribution >= 4 is 0 Å². The van der Waals surface area contributed by atoms with E-state index in [1.165, 1.54) is 0 Å². The van der Waals surface area contributed by atoms with Gasteiger partial charge in [-0.15, -0.1) is 0 Å². The first-order valence-electron chi connectivity index (χ1n) is 4.27. The molecule has 0 aromatic carbocycles. The van der Waals surface area contributed by atoms with Crippen LogP contribution in [-0.4, -0.2) is 19.8 Å². The van der Waals surface area contributed by atoms with Crippen LogP contribution in [-0.2, 0) is 9.47 Å². The van der Waals surface area contributed by atoms with E-state index in [1.807, 2.05) is 6.08 Å². The number of allylic oxidation sites excluding steroid dienone is 2.